The average Bonchev–Trinajstić information content (AvgIpc) is 2.73. The smallest absolute Gasteiger partial charge is 0.258 e. The molecule has 0 bridgehead atoms. The zero-order valence-corrected chi connectivity index (χ0v) is 11.9. The van der Waals surface area contributed by atoms with Crippen molar-refractivity contribution in [1.29, 1.82) is 0 Å². The molecule has 0 radical (unpaired) electrons. The fourth-order valence-electron chi connectivity index (χ4n) is 1.52. The number of nitrogens with one attached hydrogen (secondary N) is 1. The summed E-state index contributed by atoms with van der Waals surface area (Å²) >= 11 is 5.89. The number of primary sulfonamides is 1. The predicted molar refractivity (Wildman–Crippen MR) is 74.0 cm³/mol. The monoisotopic (exact) mass is 314 g/mol. The summed E-state index contributed by atoms with van der Waals surface area (Å²) in [5.41, 5.74) is 0.00356. The molecule has 0 saturated carbocycles. The van der Waals surface area contributed by atoms with Crippen LogP contribution >= 0.6 is 11.6 Å². The second-order valence-corrected chi connectivity index (χ2v) is 5.98. The quantitative estimate of drug-likeness (QED) is 0.880. The van der Waals surface area contributed by atoms with E-state index < -0.39 is 15.9 Å². The van der Waals surface area contributed by atoms with Gasteiger partial charge in [-0.1, -0.05) is 11.6 Å². The van der Waals surface area contributed by atoms with E-state index in [1.165, 1.54) is 16.8 Å². The van der Waals surface area contributed by atoms with Gasteiger partial charge in [0.2, 0.25) is 10.0 Å². The molecule has 0 unspecified atom stereocenters. The number of halogens is 1. The second kappa shape index (κ2) is 5.23. The summed E-state index contributed by atoms with van der Waals surface area (Å²) in [7, 11) is -2.20. The van der Waals surface area contributed by atoms with Crippen molar-refractivity contribution in [2.75, 3.05) is 5.32 Å². The number of aromatic nitrogens is 2. The molecule has 1 aromatic heterocycles. The topological polar surface area (TPSA) is 107 Å². The molecular formula is C11H11ClN4O3S. The van der Waals surface area contributed by atoms with Gasteiger partial charge in [-0.05, 0) is 18.2 Å². The number of aryl methyl sites for hydroxylation is 1. The summed E-state index contributed by atoms with van der Waals surface area (Å²) in [6.07, 6.45) is 1.65. The molecule has 2 aromatic rings. The van der Waals surface area contributed by atoms with Crippen molar-refractivity contribution in [3.8, 4) is 0 Å². The number of sulfonamides is 1. The van der Waals surface area contributed by atoms with Crippen LogP contribution in [0.1, 0.15) is 10.4 Å². The van der Waals surface area contributed by atoms with Crippen molar-refractivity contribution in [2.45, 2.75) is 4.90 Å². The van der Waals surface area contributed by atoms with Crippen molar-refractivity contribution < 1.29 is 13.2 Å². The van der Waals surface area contributed by atoms with E-state index in [1.807, 2.05) is 0 Å². The summed E-state index contributed by atoms with van der Waals surface area (Å²) in [5.74, 6) is -0.242. The molecule has 9 heteroatoms. The minimum atomic E-state index is -3.90. The van der Waals surface area contributed by atoms with E-state index in [4.69, 9.17) is 16.7 Å². The van der Waals surface area contributed by atoms with Crippen LogP contribution < -0.4 is 10.5 Å². The first-order chi connectivity index (χ1) is 9.27. The lowest BCUT2D eigenvalue weighted by molar-refractivity contribution is 0.102. The zero-order valence-electron chi connectivity index (χ0n) is 10.4. The first kappa shape index (κ1) is 14.5. The van der Waals surface area contributed by atoms with Gasteiger partial charge >= 0.3 is 0 Å². The van der Waals surface area contributed by atoms with Gasteiger partial charge in [-0.3, -0.25) is 9.48 Å². The Hall–Kier alpha value is -1.90. The summed E-state index contributed by atoms with van der Waals surface area (Å²) in [4.78, 5) is 11.9. The maximum absolute atomic E-state index is 12.0. The van der Waals surface area contributed by atoms with Crippen LogP contribution in [0.3, 0.4) is 0 Å². The second-order valence-electron chi connectivity index (χ2n) is 4.02. The Balaban J connectivity index is 2.34. The Bertz CT molecular complexity index is 770. The molecule has 3 N–H and O–H groups in total. The van der Waals surface area contributed by atoms with Crippen LogP contribution in [-0.4, -0.2) is 24.1 Å². The summed E-state index contributed by atoms with van der Waals surface area (Å²) in [6.45, 7) is 0. The highest BCUT2D eigenvalue weighted by molar-refractivity contribution is 7.89. The largest absolute Gasteiger partial charge is 0.305 e. The molecule has 7 nitrogen and oxygen atoms in total. The van der Waals surface area contributed by atoms with Crippen molar-refractivity contribution in [3.05, 3.63) is 41.0 Å². The molecule has 0 aliphatic heterocycles. The fourth-order valence-corrected chi connectivity index (χ4v) is 2.26. The molecular weight excluding hydrogens is 304 g/mol. The van der Waals surface area contributed by atoms with Crippen molar-refractivity contribution >= 4 is 33.3 Å². The van der Waals surface area contributed by atoms with Gasteiger partial charge in [0.1, 0.15) is 0 Å². The van der Waals surface area contributed by atoms with Gasteiger partial charge in [0.15, 0.2) is 5.82 Å². The van der Waals surface area contributed by atoms with Crippen molar-refractivity contribution in [1.82, 2.24) is 9.78 Å². The van der Waals surface area contributed by atoms with Crippen molar-refractivity contribution in [2.24, 2.45) is 12.2 Å². The van der Waals surface area contributed by atoms with E-state index in [9.17, 15) is 13.2 Å². The van der Waals surface area contributed by atoms with Gasteiger partial charge < -0.3 is 5.32 Å². The number of rotatable bonds is 3. The average molecular weight is 315 g/mol. The Labute approximate surface area is 120 Å². The number of nitrogens with zero attached hydrogens (tertiary/aromatic N) is 2. The minimum Gasteiger partial charge on any atom is -0.305 e. The number of nitrogens with two attached hydrogens (primary N) is 1. The fraction of sp³-hybridized carbons (Fsp3) is 0.0909. The number of hydrogen-bond donors (Lipinski definition) is 2. The van der Waals surface area contributed by atoms with Crippen LogP contribution in [0.25, 0.3) is 0 Å². The Morgan fingerprint density at radius 2 is 2.10 bits per heavy atom. The highest BCUT2D eigenvalue weighted by Crippen LogP contribution is 2.21. The van der Waals surface area contributed by atoms with E-state index in [-0.39, 0.29) is 15.5 Å². The summed E-state index contributed by atoms with van der Waals surface area (Å²) in [6, 6.07) is 5.25. The lowest BCUT2D eigenvalue weighted by Gasteiger charge is -2.06. The number of benzene rings is 1. The van der Waals surface area contributed by atoms with Gasteiger partial charge in [-0.2, -0.15) is 5.10 Å². The number of amides is 1. The molecule has 20 heavy (non-hydrogen) atoms. The van der Waals surface area contributed by atoms with Crippen molar-refractivity contribution in [3.63, 3.8) is 0 Å². The Morgan fingerprint density at radius 3 is 2.65 bits per heavy atom. The Morgan fingerprint density at radius 1 is 1.40 bits per heavy atom. The SMILES string of the molecule is Cn1ccc(NC(=O)c2cc(S(N)(=O)=O)ccc2Cl)n1. The summed E-state index contributed by atoms with van der Waals surface area (Å²) < 4.78 is 24.0. The van der Waals surface area contributed by atoms with Gasteiger partial charge in [-0.25, -0.2) is 13.6 Å². The highest BCUT2D eigenvalue weighted by atomic mass is 35.5. The number of hydrogen-bond acceptors (Lipinski definition) is 4. The molecule has 0 aliphatic carbocycles. The van der Waals surface area contributed by atoms with E-state index >= 15 is 0 Å². The summed E-state index contributed by atoms with van der Waals surface area (Å²) in [5, 5.41) is 11.6. The van der Waals surface area contributed by atoms with Gasteiger partial charge in [0.25, 0.3) is 5.91 Å². The van der Waals surface area contributed by atoms with Crippen LogP contribution in [0, 0.1) is 0 Å². The molecule has 106 valence electrons. The zero-order chi connectivity index (χ0) is 14.9. The normalized spacial score (nSPS) is 11.3. The van der Waals surface area contributed by atoms with Crippen LogP contribution in [0.4, 0.5) is 5.82 Å². The number of anilines is 1. The van der Waals surface area contributed by atoms with Crippen LogP contribution in [0.5, 0.6) is 0 Å². The molecule has 1 amide bonds. The first-order valence-corrected chi connectivity index (χ1v) is 7.33. The third-order valence-electron chi connectivity index (χ3n) is 2.47. The molecule has 0 fully saturated rings. The molecule has 0 aliphatic rings. The molecule has 0 saturated heterocycles. The predicted octanol–water partition coefficient (Wildman–Crippen LogP) is 0.973. The third-order valence-corrected chi connectivity index (χ3v) is 3.71. The van der Waals surface area contributed by atoms with Gasteiger partial charge in [0, 0.05) is 19.3 Å². The third kappa shape index (κ3) is 3.16. The van der Waals surface area contributed by atoms with Crippen LogP contribution in [0.15, 0.2) is 35.4 Å². The standard InChI is InChI=1S/C11H11ClN4O3S/c1-16-5-4-10(15-16)14-11(17)8-6-7(20(13,18)19)2-3-9(8)12/h2-6H,1H3,(H2,13,18,19)(H,14,15,17). The Kier molecular flexibility index (Phi) is 3.80. The molecule has 0 spiro atoms. The van der Waals surface area contributed by atoms with Gasteiger partial charge in [-0.15, -0.1) is 0 Å². The van der Waals surface area contributed by atoms with Crippen LogP contribution in [0.2, 0.25) is 5.02 Å². The molecule has 2 rings (SSSR count). The number of carbonyl (C=O) groups is 1. The maximum Gasteiger partial charge on any atom is 0.258 e. The minimum absolute atomic E-state index is 0.00356. The maximum atomic E-state index is 12.0. The lowest BCUT2D eigenvalue weighted by atomic mass is 10.2. The van der Waals surface area contributed by atoms with E-state index in [1.54, 1.807) is 19.3 Å². The van der Waals surface area contributed by atoms with Gasteiger partial charge in [0.05, 0.1) is 15.5 Å². The van der Waals surface area contributed by atoms with E-state index in [2.05, 4.69) is 10.4 Å². The lowest BCUT2D eigenvalue weighted by Crippen LogP contribution is -2.16. The van der Waals surface area contributed by atoms with E-state index in [0.29, 0.717) is 5.82 Å². The van der Waals surface area contributed by atoms with E-state index in [0.717, 1.165) is 6.07 Å². The first-order valence-electron chi connectivity index (χ1n) is 5.41. The molecule has 1 aromatic carbocycles. The highest BCUT2D eigenvalue weighted by Gasteiger charge is 2.16. The molecule has 0 atom stereocenters. The molecule has 1 heterocycles. The number of carbonyl (C=O) groups excluding carboxylic acids is 1. The van der Waals surface area contributed by atoms with Crippen LogP contribution in [-0.2, 0) is 17.1 Å².